The Labute approximate surface area is 157 Å². The number of pyridine rings is 1. The Balaban J connectivity index is 1.54. The molecule has 2 aromatic heterocycles. The molecule has 2 amide bonds. The molecule has 0 aliphatic carbocycles. The van der Waals surface area contributed by atoms with Crippen molar-refractivity contribution in [1.82, 2.24) is 24.8 Å². The molecule has 3 heterocycles. The predicted octanol–water partition coefficient (Wildman–Crippen LogP) is 2.05. The number of carbonyl (C=O) groups is 2. The molecular formula is C20H21N5O2. The lowest BCUT2D eigenvalue weighted by Gasteiger charge is -2.23. The van der Waals surface area contributed by atoms with Gasteiger partial charge < -0.3 is 10.2 Å². The van der Waals surface area contributed by atoms with E-state index < -0.39 is 6.04 Å². The molecule has 1 aliphatic heterocycles. The van der Waals surface area contributed by atoms with Gasteiger partial charge in [0.15, 0.2) is 0 Å². The highest BCUT2D eigenvalue weighted by atomic mass is 16.2. The van der Waals surface area contributed by atoms with Crippen LogP contribution in [0, 0.1) is 0 Å². The predicted molar refractivity (Wildman–Crippen MR) is 101 cm³/mol. The number of benzene rings is 1. The Kier molecular flexibility index (Phi) is 4.58. The third-order valence-electron chi connectivity index (χ3n) is 4.96. The van der Waals surface area contributed by atoms with Gasteiger partial charge in [0, 0.05) is 31.3 Å². The summed E-state index contributed by atoms with van der Waals surface area (Å²) in [6.07, 6.45) is 4.81. The zero-order valence-electron chi connectivity index (χ0n) is 15.1. The standard InChI is InChI=1S/C20H21N5O2/c1-14(24-11-5-9-18(24)26)20(27)22-12-15-6-4-10-21-19(15)25-13-23-16-7-2-3-8-17(16)25/h2-4,6-8,10,13-14H,5,9,11-12H2,1H3,(H,22,27). The third-order valence-corrected chi connectivity index (χ3v) is 4.96. The van der Waals surface area contributed by atoms with Gasteiger partial charge in [-0.05, 0) is 31.5 Å². The monoisotopic (exact) mass is 363 g/mol. The number of nitrogens with one attached hydrogen (secondary N) is 1. The van der Waals surface area contributed by atoms with Crippen molar-refractivity contribution in [1.29, 1.82) is 0 Å². The molecule has 7 heteroatoms. The summed E-state index contributed by atoms with van der Waals surface area (Å²) >= 11 is 0. The Morgan fingerprint density at radius 3 is 2.89 bits per heavy atom. The summed E-state index contributed by atoms with van der Waals surface area (Å²) in [5, 5.41) is 2.94. The van der Waals surface area contributed by atoms with Crippen LogP contribution in [0.15, 0.2) is 48.9 Å². The van der Waals surface area contributed by atoms with Crippen LogP contribution in [-0.4, -0.2) is 43.8 Å². The maximum absolute atomic E-state index is 12.5. The molecule has 1 atom stereocenters. The van der Waals surface area contributed by atoms with Crippen molar-refractivity contribution in [3.05, 3.63) is 54.5 Å². The number of likely N-dealkylation sites (tertiary alicyclic amines) is 1. The molecule has 1 fully saturated rings. The Hall–Kier alpha value is -3.22. The zero-order valence-corrected chi connectivity index (χ0v) is 15.1. The summed E-state index contributed by atoms with van der Waals surface area (Å²) in [6, 6.07) is 11.2. The minimum atomic E-state index is -0.464. The highest BCUT2D eigenvalue weighted by Gasteiger charge is 2.29. The second-order valence-corrected chi connectivity index (χ2v) is 6.67. The average Bonchev–Trinajstić information content (AvgIpc) is 3.32. The minimum absolute atomic E-state index is 0.0459. The van der Waals surface area contributed by atoms with Crippen LogP contribution in [0.5, 0.6) is 0 Å². The molecule has 1 N–H and O–H groups in total. The number of carbonyl (C=O) groups excluding carboxylic acids is 2. The van der Waals surface area contributed by atoms with Crippen molar-refractivity contribution in [2.24, 2.45) is 0 Å². The third kappa shape index (κ3) is 3.28. The zero-order chi connectivity index (χ0) is 18.8. The Morgan fingerprint density at radius 2 is 2.07 bits per heavy atom. The molecule has 1 aliphatic rings. The molecule has 138 valence electrons. The van der Waals surface area contributed by atoms with Crippen LogP contribution in [0.25, 0.3) is 16.9 Å². The summed E-state index contributed by atoms with van der Waals surface area (Å²) in [5.74, 6) is 0.622. The maximum atomic E-state index is 12.5. The van der Waals surface area contributed by atoms with E-state index in [0.29, 0.717) is 19.5 Å². The normalized spacial score (nSPS) is 15.3. The largest absolute Gasteiger partial charge is 0.350 e. The molecule has 1 unspecified atom stereocenters. The van der Waals surface area contributed by atoms with E-state index in [1.165, 1.54) is 0 Å². The smallest absolute Gasteiger partial charge is 0.242 e. The van der Waals surface area contributed by atoms with E-state index in [1.807, 2.05) is 41.0 Å². The Bertz CT molecular complexity index is 997. The number of aromatic nitrogens is 3. The second kappa shape index (κ2) is 7.19. The van der Waals surface area contributed by atoms with Gasteiger partial charge >= 0.3 is 0 Å². The lowest BCUT2D eigenvalue weighted by Crippen LogP contribution is -2.45. The number of para-hydroxylation sites is 2. The van der Waals surface area contributed by atoms with Crippen LogP contribution in [0.4, 0.5) is 0 Å². The van der Waals surface area contributed by atoms with Gasteiger partial charge in [0.2, 0.25) is 11.8 Å². The van der Waals surface area contributed by atoms with Crippen molar-refractivity contribution in [2.45, 2.75) is 32.4 Å². The summed E-state index contributed by atoms with van der Waals surface area (Å²) in [5.41, 5.74) is 2.73. The fourth-order valence-corrected chi connectivity index (χ4v) is 3.46. The molecular weight excluding hydrogens is 342 g/mol. The van der Waals surface area contributed by atoms with Gasteiger partial charge in [-0.3, -0.25) is 14.2 Å². The molecule has 0 radical (unpaired) electrons. The topological polar surface area (TPSA) is 80.1 Å². The maximum Gasteiger partial charge on any atom is 0.242 e. The molecule has 27 heavy (non-hydrogen) atoms. The fourth-order valence-electron chi connectivity index (χ4n) is 3.46. The van der Waals surface area contributed by atoms with Crippen LogP contribution in [0.3, 0.4) is 0 Å². The highest BCUT2D eigenvalue weighted by molar-refractivity contribution is 5.88. The number of fused-ring (bicyclic) bond motifs is 1. The van der Waals surface area contributed by atoms with Crippen LogP contribution in [0.1, 0.15) is 25.3 Å². The molecule has 0 bridgehead atoms. The van der Waals surface area contributed by atoms with E-state index in [0.717, 1.165) is 28.8 Å². The van der Waals surface area contributed by atoms with E-state index in [-0.39, 0.29) is 11.8 Å². The first kappa shape index (κ1) is 17.2. The van der Waals surface area contributed by atoms with Gasteiger partial charge in [0.25, 0.3) is 0 Å². The first-order valence-electron chi connectivity index (χ1n) is 9.08. The summed E-state index contributed by atoms with van der Waals surface area (Å²) < 4.78 is 1.92. The number of rotatable bonds is 5. The second-order valence-electron chi connectivity index (χ2n) is 6.67. The van der Waals surface area contributed by atoms with Crippen LogP contribution in [0.2, 0.25) is 0 Å². The van der Waals surface area contributed by atoms with Crippen molar-refractivity contribution >= 4 is 22.8 Å². The number of hydrogen-bond donors (Lipinski definition) is 1. The van der Waals surface area contributed by atoms with Gasteiger partial charge in [-0.15, -0.1) is 0 Å². The van der Waals surface area contributed by atoms with E-state index in [4.69, 9.17) is 0 Å². The molecule has 1 aromatic carbocycles. The molecule has 4 rings (SSSR count). The highest BCUT2D eigenvalue weighted by Crippen LogP contribution is 2.19. The van der Waals surface area contributed by atoms with Gasteiger partial charge in [0.1, 0.15) is 18.2 Å². The van der Waals surface area contributed by atoms with Crippen molar-refractivity contribution in [2.75, 3.05) is 6.54 Å². The quantitative estimate of drug-likeness (QED) is 0.752. The van der Waals surface area contributed by atoms with Crippen molar-refractivity contribution in [3.63, 3.8) is 0 Å². The van der Waals surface area contributed by atoms with Gasteiger partial charge in [-0.2, -0.15) is 0 Å². The summed E-state index contributed by atoms with van der Waals surface area (Å²) in [7, 11) is 0. The van der Waals surface area contributed by atoms with Crippen molar-refractivity contribution in [3.8, 4) is 5.82 Å². The number of hydrogen-bond acceptors (Lipinski definition) is 4. The van der Waals surface area contributed by atoms with E-state index in [2.05, 4.69) is 15.3 Å². The fraction of sp³-hybridized carbons (Fsp3) is 0.300. The number of nitrogens with zero attached hydrogens (tertiary/aromatic N) is 4. The molecule has 1 saturated heterocycles. The molecule has 7 nitrogen and oxygen atoms in total. The van der Waals surface area contributed by atoms with E-state index in [1.54, 1.807) is 24.3 Å². The first-order chi connectivity index (χ1) is 13.1. The molecule has 3 aromatic rings. The first-order valence-corrected chi connectivity index (χ1v) is 9.08. The molecule has 0 saturated carbocycles. The lowest BCUT2D eigenvalue weighted by atomic mass is 10.2. The van der Waals surface area contributed by atoms with Gasteiger partial charge in [0.05, 0.1) is 11.0 Å². The van der Waals surface area contributed by atoms with Crippen LogP contribution < -0.4 is 5.32 Å². The van der Waals surface area contributed by atoms with E-state index in [9.17, 15) is 9.59 Å². The Morgan fingerprint density at radius 1 is 1.22 bits per heavy atom. The summed E-state index contributed by atoms with van der Waals surface area (Å²) in [6.45, 7) is 2.75. The van der Waals surface area contributed by atoms with Crippen molar-refractivity contribution < 1.29 is 9.59 Å². The average molecular weight is 363 g/mol. The number of imidazole rings is 1. The minimum Gasteiger partial charge on any atom is -0.350 e. The SMILES string of the molecule is CC(C(=O)NCc1cccnc1-n1cnc2ccccc21)N1CCCC1=O. The van der Waals surface area contributed by atoms with Gasteiger partial charge in [-0.25, -0.2) is 9.97 Å². The van der Waals surface area contributed by atoms with Gasteiger partial charge in [-0.1, -0.05) is 18.2 Å². The lowest BCUT2D eigenvalue weighted by molar-refractivity contribution is -0.136. The number of amides is 2. The molecule has 0 spiro atoms. The van der Waals surface area contributed by atoms with E-state index >= 15 is 0 Å². The van der Waals surface area contributed by atoms with Crippen LogP contribution >= 0.6 is 0 Å². The van der Waals surface area contributed by atoms with Crippen LogP contribution in [-0.2, 0) is 16.1 Å². The summed E-state index contributed by atoms with van der Waals surface area (Å²) in [4.78, 5) is 34.9.